The summed E-state index contributed by atoms with van der Waals surface area (Å²) in [6, 6.07) is 7.47. The van der Waals surface area contributed by atoms with E-state index in [1.165, 1.54) is 0 Å². The Labute approximate surface area is 82.9 Å². The molecule has 2 rings (SSSR count). The first-order valence-corrected chi connectivity index (χ1v) is 4.76. The molecule has 2 N–H and O–H groups in total. The molecule has 3 heteroatoms. The summed E-state index contributed by atoms with van der Waals surface area (Å²) in [5.74, 6) is -0.350. The van der Waals surface area contributed by atoms with Crippen molar-refractivity contribution in [3.8, 4) is 0 Å². The molecule has 0 aromatic heterocycles. The van der Waals surface area contributed by atoms with Gasteiger partial charge >= 0.3 is 0 Å². The van der Waals surface area contributed by atoms with Gasteiger partial charge < -0.3 is 10.5 Å². The molecule has 0 saturated carbocycles. The number of nitrogens with two attached hydrogens (primary N) is 1. The van der Waals surface area contributed by atoms with Crippen molar-refractivity contribution in [2.24, 2.45) is 5.73 Å². The van der Waals surface area contributed by atoms with Crippen LogP contribution in [-0.4, -0.2) is 18.6 Å². The first kappa shape index (κ1) is 9.21. The molecule has 1 atom stereocenters. The highest BCUT2D eigenvalue weighted by Crippen LogP contribution is 2.18. The summed E-state index contributed by atoms with van der Waals surface area (Å²) in [5, 5.41) is 0. The molecule has 14 heavy (non-hydrogen) atoms. The molecule has 0 radical (unpaired) electrons. The smallest absolute Gasteiger partial charge is 0.248 e. The van der Waals surface area contributed by atoms with Gasteiger partial charge in [-0.3, -0.25) is 4.79 Å². The Kier molecular flexibility index (Phi) is 2.50. The Balaban J connectivity index is 2.09. The van der Waals surface area contributed by atoms with Crippen LogP contribution in [0.4, 0.5) is 0 Å². The molecule has 0 spiro atoms. The first-order chi connectivity index (χ1) is 6.77. The fraction of sp³-hybridized carbons (Fsp3) is 0.364. The van der Waals surface area contributed by atoms with Gasteiger partial charge in [0.25, 0.3) is 0 Å². The summed E-state index contributed by atoms with van der Waals surface area (Å²) < 4.78 is 5.11. The lowest BCUT2D eigenvalue weighted by Crippen LogP contribution is -2.13. The Morgan fingerprint density at radius 3 is 2.86 bits per heavy atom. The molecule has 1 aliphatic heterocycles. The van der Waals surface area contributed by atoms with Gasteiger partial charge in [-0.15, -0.1) is 0 Å². The maximum absolute atomic E-state index is 11.1. The number of rotatable bonds is 4. The van der Waals surface area contributed by atoms with Crippen molar-refractivity contribution in [1.29, 1.82) is 0 Å². The molecule has 1 saturated heterocycles. The maximum atomic E-state index is 11.1. The van der Waals surface area contributed by atoms with Crippen molar-refractivity contribution in [2.45, 2.75) is 18.9 Å². The number of carbonyl (C=O) groups is 1. The van der Waals surface area contributed by atoms with Crippen LogP contribution in [0.3, 0.4) is 0 Å². The number of hydrogen-bond donors (Lipinski definition) is 1. The van der Waals surface area contributed by atoms with Crippen LogP contribution in [0.2, 0.25) is 0 Å². The Morgan fingerprint density at radius 1 is 1.50 bits per heavy atom. The van der Waals surface area contributed by atoms with E-state index in [1.54, 1.807) is 6.07 Å². The molecule has 0 unspecified atom stereocenters. The molecule has 74 valence electrons. The number of amides is 1. The lowest BCUT2D eigenvalue weighted by molar-refractivity contribution is 0.0999. The maximum Gasteiger partial charge on any atom is 0.248 e. The second-order valence-corrected chi connectivity index (χ2v) is 3.52. The summed E-state index contributed by atoms with van der Waals surface area (Å²) in [6.45, 7) is 0.860. The van der Waals surface area contributed by atoms with Gasteiger partial charge in [0.2, 0.25) is 5.91 Å². The Hall–Kier alpha value is -1.35. The van der Waals surface area contributed by atoms with E-state index in [1.807, 2.05) is 18.2 Å². The predicted molar refractivity (Wildman–Crippen MR) is 53.0 cm³/mol. The highest BCUT2D eigenvalue weighted by Gasteiger charge is 2.22. The lowest BCUT2D eigenvalue weighted by atomic mass is 10.0. The predicted octanol–water partition coefficient (Wildman–Crippen LogP) is 1.12. The van der Waals surface area contributed by atoms with Gasteiger partial charge in [0.1, 0.15) is 0 Å². The van der Waals surface area contributed by atoms with Crippen molar-refractivity contribution >= 4 is 5.91 Å². The van der Waals surface area contributed by atoms with Gasteiger partial charge in [-0.05, 0) is 24.5 Å². The van der Waals surface area contributed by atoms with Crippen molar-refractivity contribution in [3.05, 3.63) is 35.4 Å². The minimum Gasteiger partial charge on any atom is -0.373 e. The highest BCUT2D eigenvalue weighted by molar-refractivity contribution is 5.94. The second kappa shape index (κ2) is 3.80. The third-order valence-corrected chi connectivity index (χ3v) is 2.42. The standard InChI is InChI=1S/C11H13NO2/c12-11(13)10-4-2-1-3-8(10)5-6-9-7-14-9/h1-4,9H,5-7H2,(H2,12,13)/t9-/m0/s1. The number of carbonyl (C=O) groups excluding carboxylic acids is 1. The topological polar surface area (TPSA) is 55.6 Å². The van der Waals surface area contributed by atoms with Crippen molar-refractivity contribution in [1.82, 2.24) is 0 Å². The molecule has 0 bridgehead atoms. The zero-order chi connectivity index (χ0) is 9.97. The van der Waals surface area contributed by atoms with E-state index in [0.717, 1.165) is 25.0 Å². The van der Waals surface area contributed by atoms with E-state index < -0.39 is 0 Å². The van der Waals surface area contributed by atoms with E-state index in [0.29, 0.717) is 11.7 Å². The van der Waals surface area contributed by atoms with E-state index in [-0.39, 0.29) is 5.91 Å². The van der Waals surface area contributed by atoms with E-state index >= 15 is 0 Å². The van der Waals surface area contributed by atoms with Gasteiger partial charge in [-0.1, -0.05) is 18.2 Å². The van der Waals surface area contributed by atoms with Crippen LogP contribution >= 0.6 is 0 Å². The molecule has 1 aromatic carbocycles. The van der Waals surface area contributed by atoms with Crippen LogP contribution in [0.1, 0.15) is 22.3 Å². The molecule has 1 aromatic rings. The van der Waals surface area contributed by atoms with Crippen LogP contribution < -0.4 is 5.73 Å². The Morgan fingerprint density at radius 2 is 2.21 bits per heavy atom. The van der Waals surface area contributed by atoms with E-state index in [4.69, 9.17) is 10.5 Å². The summed E-state index contributed by atoms with van der Waals surface area (Å²) in [6.07, 6.45) is 2.24. The highest BCUT2D eigenvalue weighted by atomic mass is 16.6. The molecule has 3 nitrogen and oxygen atoms in total. The van der Waals surface area contributed by atoms with Crippen LogP contribution in [-0.2, 0) is 11.2 Å². The quantitative estimate of drug-likeness (QED) is 0.725. The number of hydrogen-bond acceptors (Lipinski definition) is 2. The van der Waals surface area contributed by atoms with Crippen LogP contribution in [0, 0.1) is 0 Å². The summed E-state index contributed by atoms with van der Waals surface area (Å²) >= 11 is 0. The molecule has 0 aliphatic carbocycles. The van der Waals surface area contributed by atoms with Crippen molar-refractivity contribution in [2.75, 3.05) is 6.61 Å². The van der Waals surface area contributed by atoms with Crippen molar-refractivity contribution < 1.29 is 9.53 Å². The second-order valence-electron chi connectivity index (χ2n) is 3.52. The molecule has 1 amide bonds. The average molecular weight is 191 g/mol. The van der Waals surface area contributed by atoms with Crippen molar-refractivity contribution in [3.63, 3.8) is 0 Å². The third-order valence-electron chi connectivity index (χ3n) is 2.42. The monoisotopic (exact) mass is 191 g/mol. The molecule has 1 fully saturated rings. The fourth-order valence-electron chi connectivity index (χ4n) is 1.53. The summed E-state index contributed by atoms with van der Waals surface area (Å²) in [7, 11) is 0. The zero-order valence-electron chi connectivity index (χ0n) is 7.90. The summed E-state index contributed by atoms with van der Waals surface area (Å²) in [4.78, 5) is 11.1. The normalized spacial score (nSPS) is 19.3. The molecular formula is C11H13NO2. The van der Waals surface area contributed by atoms with Gasteiger partial charge in [0.05, 0.1) is 12.7 Å². The number of epoxide rings is 1. The van der Waals surface area contributed by atoms with E-state index in [2.05, 4.69) is 0 Å². The largest absolute Gasteiger partial charge is 0.373 e. The number of ether oxygens (including phenoxy) is 1. The van der Waals surface area contributed by atoms with Crippen LogP contribution in [0.15, 0.2) is 24.3 Å². The Bertz CT molecular complexity index is 345. The van der Waals surface area contributed by atoms with Gasteiger partial charge in [0, 0.05) is 5.56 Å². The van der Waals surface area contributed by atoms with Gasteiger partial charge in [-0.25, -0.2) is 0 Å². The average Bonchev–Trinajstić information content (AvgIpc) is 2.98. The third kappa shape index (κ3) is 2.12. The molecule has 1 aliphatic rings. The number of benzene rings is 1. The lowest BCUT2D eigenvalue weighted by Gasteiger charge is -2.04. The van der Waals surface area contributed by atoms with Gasteiger partial charge in [0.15, 0.2) is 0 Å². The minimum atomic E-state index is -0.350. The SMILES string of the molecule is NC(=O)c1ccccc1CC[C@H]1CO1. The fourth-order valence-corrected chi connectivity index (χ4v) is 1.53. The van der Waals surface area contributed by atoms with Crippen LogP contribution in [0.25, 0.3) is 0 Å². The zero-order valence-corrected chi connectivity index (χ0v) is 7.90. The number of aryl methyl sites for hydroxylation is 1. The van der Waals surface area contributed by atoms with Gasteiger partial charge in [-0.2, -0.15) is 0 Å². The minimum absolute atomic E-state index is 0.350. The number of primary amides is 1. The first-order valence-electron chi connectivity index (χ1n) is 4.76. The van der Waals surface area contributed by atoms with Crippen LogP contribution in [0.5, 0.6) is 0 Å². The molecular weight excluding hydrogens is 178 g/mol. The summed E-state index contributed by atoms with van der Waals surface area (Å²) in [5.41, 5.74) is 6.92. The van der Waals surface area contributed by atoms with E-state index in [9.17, 15) is 4.79 Å². The molecule has 1 heterocycles.